The average molecular weight is 694 g/mol. The van der Waals surface area contributed by atoms with Gasteiger partial charge in [-0.25, -0.2) is 14.2 Å². The number of thiophene rings is 1. The topological polar surface area (TPSA) is 138 Å². The minimum absolute atomic E-state index is 0.0588. The second-order valence-corrected chi connectivity index (χ2v) is 15.1. The Kier molecular flexibility index (Phi) is 9.01. The molecule has 0 N–H and O–H groups in total. The van der Waals surface area contributed by atoms with Crippen LogP contribution < -0.4 is 16.0 Å². The van der Waals surface area contributed by atoms with Gasteiger partial charge in [0.25, 0.3) is 5.56 Å². The average Bonchev–Trinajstić information content (AvgIpc) is 3.33. The molecule has 2 bridgehead atoms. The normalized spacial score (nSPS) is 21.9. The third-order valence-corrected chi connectivity index (χ3v) is 10.8. The Morgan fingerprint density at radius 2 is 1.78 bits per heavy atom. The van der Waals surface area contributed by atoms with E-state index < -0.39 is 34.5 Å². The van der Waals surface area contributed by atoms with E-state index in [-0.39, 0.29) is 24.9 Å². The van der Waals surface area contributed by atoms with Crippen molar-refractivity contribution in [1.82, 2.24) is 24.1 Å². The number of benzene rings is 1. The van der Waals surface area contributed by atoms with Gasteiger partial charge in [0.1, 0.15) is 33.9 Å². The summed E-state index contributed by atoms with van der Waals surface area (Å²) in [4.78, 5) is 44.8. The summed E-state index contributed by atoms with van der Waals surface area (Å²) in [6.45, 7) is 7.93. The van der Waals surface area contributed by atoms with Crippen molar-refractivity contribution in [2.45, 2.75) is 108 Å². The van der Waals surface area contributed by atoms with Gasteiger partial charge in [-0.05, 0) is 72.3 Å². The van der Waals surface area contributed by atoms with E-state index >= 15 is 0 Å². The third kappa shape index (κ3) is 6.46. The highest BCUT2D eigenvalue weighted by Crippen LogP contribution is 2.45. The van der Waals surface area contributed by atoms with Crippen LogP contribution in [0.3, 0.4) is 0 Å². The van der Waals surface area contributed by atoms with Crippen molar-refractivity contribution in [3.8, 4) is 10.8 Å². The molecule has 4 aromatic rings. The smallest absolute Gasteiger partial charge is 0.333 e. The van der Waals surface area contributed by atoms with Crippen molar-refractivity contribution in [2.75, 3.05) is 20.3 Å². The molecule has 1 aliphatic carbocycles. The Morgan fingerprint density at radius 3 is 2.43 bits per heavy atom. The molecule has 4 atom stereocenters. The molecule has 7 rings (SSSR count). The Bertz CT molecular complexity index is 1940. The van der Waals surface area contributed by atoms with Crippen molar-refractivity contribution in [3.63, 3.8) is 0 Å². The molecule has 1 aromatic carbocycles. The van der Waals surface area contributed by atoms with Crippen LogP contribution in [0, 0.1) is 6.92 Å². The van der Waals surface area contributed by atoms with Gasteiger partial charge in [-0.3, -0.25) is 9.36 Å². The summed E-state index contributed by atoms with van der Waals surface area (Å²) in [5.74, 6) is 0.0303. The van der Waals surface area contributed by atoms with Crippen molar-refractivity contribution in [2.24, 2.45) is 0 Å². The first-order valence-corrected chi connectivity index (χ1v) is 17.7. The summed E-state index contributed by atoms with van der Waals surface area (Å²) >= 11 is 1.26. The number of ether oxygens (including phenoxy) is 5. The van der Waals surface area contributed by atoms with E-state index in [1.807, 2.05) is 31.2 Å². The second-order valence-electron chi connectivity index (χ2n) is 14.2. The van der Waals surface area contributed by atoms with Crippen molar-refractivity contribution in [1.29, 1.82) is 0 Å². The molecular weight excluding hydrogens is 650 g/mol. The molecule has 3 aliphatic rings. The molecule has 14 heteroatoms. The van der Waals surface area contributed by atoms with Gasteiger partial charge in [-0.1, -0.05) is 29.5 Å². The number of carbonyl (C=O) groups excluding carboxylic acids is 1. The van der Waals surface area contributed by atoms with E-state index in [4.69, 9.17) is 23.7 Å². The van der Waals surface area contributed by atoms with E-state index in [0.717, 1.165) is 35.8 Å². The molecule has 262 valence electrons. The maximum Gasteiger partial charge on any atom is 0.333 e. The van der Waals surface area contributed by atoms with E-state index in [1.165, 1.54) is 16.1 Å². The highest BCUT2D eigenvalue weighted by atomic mass is 32.1. The minimum Gasteiger partial charge on any atom is -0.491 e. The summed E-state index contributed by atoms with van der Waals surface area (Å²) in [5.41, 5.74) is -1.94. The number of para-hydroxylation sites is 1. The zero-order valence-corrected chi connectivity index (χ0v) is 29.4. The molecule has 2 saturated heterocycles. The molecule has 1 saturated carbocycles. The van der Waals surface area contributed by atoms with Gasteiger partial charge in [0.2, 0.25) is 0 Å². The fourth-order valence-electron chi connectivity index (χ4n) is 7.04. The van der Waals surface area contributed by atoms with Crippen LogP contribution in [-0.2, 0) is 35.8 Å². The van der Waals surface area contributed by atoms with Crippen LogP contribution in [0.5, 0.6) is 5.75 Å². The lowest BCUT2D eigenvalue weighted by Crippen LogP contribution is -2.50. The molecule has 13 nitrogen and oxygen atoms in total. The van der Waals surface area contributed by atoms with E-state index in [0.29, 0.717) is 52.6 Å². The zero-order valence-electron chi connectivity index (χ0n) is 28.5. The molecular formula is C35H43N5O8S. The minimum atomic E-state index is -1.40. The summed E-state index contributed by atoms with van der Waals surface area (Å²) in [7, 11) is 1.62. The zero-order chi connectivity index (χ0) is 34.5. The number of hydrogen-bond acceptors (Lipinski definition) is 11. The largest absolute Gasteiger partial charge is 0.491 e. The van der Waals surface area contributed by atoms with Gasteiger partial charge in [-0.2, -0.15) is 10.2 Å². The Hall–Kier alpha value is -3.85. The van der Waals surface area contributed by atoms with Crippen LogP contribution in [0.4, 0.5) is 0 Å². The van der Waals surface area contributed by atoms with Crippen LogP contribution in [0.15, 0.2) is 46.2 Å². The van der Waals surface area contributed by atoms with Gasteiger partial charge in [-0.15, -0.1) is 4.80 Å². The van der Waals surface area contributed by atoms with Gasteiger partial charge in [0, 0.05) is 18.2 Å². The number of carbonyl (C=O) groups is 1. The molecule has 3 aromatic heterocycles. The van der Waals surface area contributed by atoms with E-state index in [1.54, 1.807) is 44.8 Å². The summed E-state index contributed by atoms with van der Waals surface area (Å²) in [6, 6.07) is 7.64. The number of nitrogens with zero attached hydrogens (tertiary/aromatic N) is 5. The number of rotatable bonds is 12. The first-order valence-electron chi connectivity index (χ1n) is 16.9. The van der Waals surface area contributed by atoms with E-state index in [2.05, 4.69) is 10.2 Å². The number of aryl methyl sites for hydroxylation is 1. The summed E-state index contributed by atoms with van der Waals surface area (Å²) in [6.07, 6.45) is 6.79. The summed E-state index contributed by atoms with van der Waals surface area (Å²) < 4.78 is 32.9. The molecule has 1 unspecified atom stereocenters. The van der Waals surface area contributed by atoms with Gasteiger partial charge >= 0.3 is 11.7 Å². The predicted octanol–water partition coefficient (Wildman–Crippen LogP) is 4.44. The number of methoxy groups -OCH3 is 1. The predicted molar refractivity (Wildman–Crippen MR) is 182 cm³/mol. The van der Waals surface area contributed by atoms with Crippen LogP contribution >= 0.6 is 11.3 Å². The molecule has 49 heavy (non-hydrogen) atoms. The highest BCUT2D eigenvalue weighted by Gasteiger charge is 2.56. The van der Waals surface area contributed by atoms with Crippen LogP contribution in [0.1, 0.15) is 76.5 Å². The lowest BCUT2D eigenvalue weighted by atomic mass is 10.0. The number of esters is 1. The van der Waals surface area contributed by atoms with Gasteiger partial charge in [0.05, 0.1) is 49.2 Å². The standard InChI is InChI=1S/C35H43N5O8S/c1-21-28-29(41)39(35(12-13-35)32(42)48-34(2,3)4)33(43)38(31(28)49-30(21)40-36-14-15-37-40)20-27(47-24-18-22-10-11-23(19-24)46-22)25-8-6-7-9-26(25)45-17-16-44-5/h6-9,14-15,22-24,27H,10-13,16-20H2,1-5H3/t22-,23+,24?,27-/m0/s1. The van der Waals surface area contributed by atoms with Crippen molar-refractivity contribution in [3.05, 3.63) is 68.6 Å². The van der Waals surface area contributed by atoms with Gasteiger partial charge < -0.3 is 23.7 Å². The molecule has 0 spiro atoms. The van der Waals surface area contributed by atoms with Crippen LogP contribution in [0.25, 0.3) is 15.2 Å². The lowest BCUT2D eigenvalue weighted by molar-refractivity contribution is -0.161. The van der Waals surface area contributed by atoms with Gasteiger partial charge in [0.15, 0.2) is 5.54 Å². The summed E-state index contributed by atoms with van der Waals surface area (Å²) in [5, 5.41) is 9.56. The fourth-order valence-corrected chi connectivity index (χ4v) is 8.26. The molecule has 0 amide bonds. The van der Waals surface area contributed by atoms with Crippen LogP contribution in [0.2, 0.25) is 0 Å². The highest BCUT2D eigenvalue weighted by molar-refractivity contribution is 7.21. The Balaban J connectivity index is 1.39. The lowest BCUT2D eigenvalue weighted by Gasteiger charge is -2.33. The van der Waals surface area contributed by atoms with Crippen LogP contribution in [-0.4, -0.2) is 74.3 Å². The van der Waals surface area contributed by atoms with Crippen molar-refractivity contribution < 1.29 is 28.5 Å². The Morgan fingerprint density at radius 1 is 1.08 bits per heavy atom. The quantitative estimate of drug-likeness (QED) is 0.155. The first kappa shape index (κ1) is 33.6. The first-order chi connectivity index (χ1) is 23.5. The maximum absolute atomic E-state index is 14.8. The number of aromatic nitrogens is 5. The number of hydrogen-bond donors (Lipinski definition) is 0. The fraction of sp³-hybridized carbons (Fsp3) is 0.571. The molecule has 5 heterocycles. The molecule has 2 aliphatic heterocycles. The van der Waals surface area contributed by atoms with E-state index in [9.17, 15) is 14.4 Å². The van der Waals surface area contributed by atoms with Crippen molar-refractivity contribution >= 4 is 27.5 Å². The monoisotopic (exact) mass is 693 g/mol. The molecule has 0 radical (unpaired) electrons. The second kappa shape index (κ2) is 13.1. The third-order valence-electron chi connectivity index (χ3n) is 9.48. The molecule has 3 fully saturated rings. The Labute approximate surface area is 287 Å². The SMILES string of the molecule is COCCOc1ccccc1[C@H](Cn1c(=O)n(C2(C(=O)OC(C)(C)C)CC2)c(=O)c2c(C)c(-n3nccn3)sc21)OC1C[C@H]2CC[C@@H](C1)O2. The maximum atomic E-state index is 14.8. The number of fused-ring (bicyclic) bond motifs is 3.